The normalized spacial score (nSPS) is 12.0. The molecule has 152 valence electrons. The van der Waals surface area contributed by atoms with Gasteiger partial charge in [0, 0.05) is 25.3 Å². The number of aryl methyl sites for hydroxylation is 1. The van der Waals surface area contributed by atoms with Crippen LogP contribution in [0.3, 0.4) is 0 Å². The minimum absolute atomic E-state index is 0.131. The van der Waals surface area contributed by atoms with Gasteiger partial charge in [0.2, 0.25) is 15.9 Å². The first kappa shape index (κ1) is 22.1. The summed E-state index contributed by atoms with van der Waals surface area (Å²) in [6, 6.07) is 14.3. The summed E-state index contributed by atoms with van der Waals surface area (Å²) < 4.78 is 26.3. The molecule has 28 heavy (non-hydrogen) atoms. The smallest absolute Gasteiger partial charge is 0.243 e. The van der Waals surface area contributed by atoms with Gasteiger partial charge in [0.25, 0.3) is 0 Å². The van der Waals surface area contributed by atoms with Crippen LogP contribution in [0.1, 0.15) is 25.0 Å². The highest BCUT2D eigenvalue weighted by molar-refractivity contribution is 7.89. The van der Waals surface area contributed by atoms with Gasteiger partial charge in [0.1, 0.15) is 0 Å². The van der Waals surface area contributed by atoms with Crippen LogP contribution in [0, 0.1) is 6.92 Å². The molecule has 6 nitrogen and oxygen atoms in total. The van der Waals surface area contributed by atoms with Crippen LogP contribution >= 0.6 is 0 Å². The second-order valence-corrected chi connectivity index (χ2v) is 9.34. The van der Waals surface area contributed by atoms with E-state index in [1.54, 1.807) is 19.2 Å². The molecule has 0 saturated carbocycles. The number of hydrogen-bond acceptors (Lipinski definition) is 4. The Hall–Kier alpha value is -2.22. The molecule has 0 aliphatic carbocycles. The monoisotopic (exact) mass is 403 g/mol. The van der Waals surface area contributed by atoms with E-state index in [0.29, 0.717) is 12.2 Å². The van der Waals surface area contributed by atoms with E-state index >= 15 is 0 Å². The van der Waals surface area contributed by atoms with E-state index in [1.165, 1.54) is 22.0 Å². The molecule has 0 aromatic heterocycles. The summed E-state index contributed by atoms with van der Waals surface area (Å²) in [6.45, 7) is 6.59. The van der Waals surface area contributed by atoms with Crippen molar-refractivity contribution >= 4 is 21.6 Å². The number of sulfonamides is 1. The molecule has 0 spiro atoms. The summed E-state index contributed by atoms with van der Waals surface area (Å²) in [4.78, 5) is 14.4. The number of benzene rings is 2. The van der Waals surface area contributed by atoms with E-state index in [0.717, 1.165) is 5.56 Å². The van der Waals surface area contributed by atoms with Crippen molar-refractivity contribution in [2.45, 2.75) is 38.3 Å². The zero-order chi connectivity index (χ0) is 20.9. The van der Waals surface area contributed by atoms with Crippen molar-refractivity contribution in [3.8, 4) is 0 Å². The first-order valence-corrected chi connectivity index (χ1v) is 10.7. The van der Waals surface area contributed by atoms with E-state index in [4.69, 9.17) is 0 Å². The third-order valence-corrected chi connectivity index (χ3v) is 6.58. The molecule has 0 radical (unpaired) electrons. The average Bonchev–Trinajstić information content (AvgIpc) is 2.63. The highest BCUT2D eigenvalue weighted by Crippen LogP contribution is 2.19. The van der Waals surface area contributed by atoms with Crippen LogP contribution in [-0.2, 0) is 21.4 Å². The largest absolute Gasteiger partial charge is 0.325 e. The fourth-order valence-corrected chi connectivity index (χ4v) is 4.03. The maximum atomic E-state index is 12.5. The molecule has 0 saturated heterocycles. The Morgan fingerprint density at radius 2 is 1.57 bits per heavy atom. The highest BCUT2D eigenvalue weighted by atomic mass is 32.2. The molecule has 0 unspecified atom stereocenters. The van der Waals surface area contributed by atoms with Crippen molar-refractivity contribution in [3.63, 3.8) is 0 Å². The molecule has 1 N–H and O–H groups in total. The summed E-state index contributed by atoms with van der Waals surface area (Å²) in [5, 5.41) is 2.81. The van der Waals surface area contributed by atoms with Crippen molar-refractivity contribution in [1.29, 1.82) is 0 Å². The minimum atomic E-state index is -3.53. The van der Waals surface area contributed by atoms with E-state index in [2.05, 4.69) is 29.6 Å². The summed E-state index contributed by atoms with van der Waals surface area (Å²) in [7, 11) is -0.0869. The molecule has 7 heteroatoms. The van der Waals surface area contributed by atoms with Crippen LogP contribution < -0.4 is 5.32 Å². The first-order chi connectivity index (χ1) is 13.1. The Labute approximate surface area is 168 Å². The van der Waals surface area contributed by atoms with Crippen LogP contribution in [0.2, 0.25) is 0 Å². The van der Waals surface area contributed by atoms with Crippen LogP contribution in [0.5, 0.6) is 0 Å². The Morgan fingerprint density at radius 1 is 1.00 bits per heavy atom. The van der Waals surface area contributed by atoms with Crippen molar-refractivity contribution in [1.82, 2.24) is 9.21 Å². The Bertz CT molecular complexity index is 891. The molecule has 2 aromatic carbocycles. The molecule has 1 amide bonds. The van der Waals surface area contributed by atoms with Crippen LogP contribution in [0.15, 0.2) is 53.4 Å². The molecule has 0 fully saturated rings. The third kappa shape index (κ3) is 5.89. The van der Waals surface area contributed by atoms with E-state index in [1.807, 2.05) is 32.7 Å². The van der Waals surface area contributed by atoms with E-state index in [9.17, 15) is 13.2 Å². The Balaban J connectivity index is 1.94. The first-order valence-electron chi connectivity index (χ1n) is 9.21. The number of hydrogen-bond donors (Lipinski definition) is 1. The predicted molar refractivity (Wildman–Crippen MR) is 113 cm³/mol. The fourth-order valence-electron chi connectivity index (χ4n) is 2.66. The maximum Gasteiger partial charge on any atom is 0.243 e. The van der Waals surface area contributed by atoms with Gasteiger partial charge >= 0.3 is 0 Å². The van der Waals surface area contributed by atoms with Crippen LogP contribution in [0.25, 0.3) is 0 Å². The highest BCUT2D eigenvalue weighted by Gasteiger charge is 2.22. The molecule has 0 atom stereocenters. The van der Waals surface area contributed by atoms with Crippen LogP contribution in [-0.4, -0.2) is 50.2 Å². The van der Waals surface area contributed by atoms with E-state index in [-0.39, 0.29) is 23.4 Å². The predicted octanol–water partition coefficient (Wildman–Crippen LogP) is 3.09. The summed E-state index contributed by atoms with van der Waals surface area (Å²) in [5.74, 6) is -0.149. The molecular formula is C21H29N3O3S. The lowest BCUT2D eigenvalue weighted by Crippen LogP contribution is -2.33. The zero-order valence-electron chi connectivity index (χ0n) is 17.1. The fraction of sp³-hybridized carbons (Fsp3) is 0.381. The van der Waals surface area contributed by atoms with Crippen molar-refractivity contribution in [3.05, 3.63) is 59.7 Å². The quantitative estimate of drug-likeness (QED) is 0.735. The number of carbonyl (C=O) groups is 1. The number of likely N-dealkylation sites (N-methyl/N-ethyl adjacent to an activating group) is 1. The summed E-state index contributed by atoms with van der Waals surface area (Å²) in [5.41, 5.74) is 2.92. The van der Waals surface area contributed by atoms with Crippen molar-refractivity contribution in [2.24, 2.45) is 0 Å². The van der Waals surface area contributed by atoms with Gasteiger partial charge in [0.15, 0.2) is 0 Å². The van der Waals surface area contributed by atoms with Gasteiger partial charge in [-0.1, -0.05) is 29.8 Å². The van der Waals surface area contributed by atoms with E-state index < -0.39 is 10.0 Å². The molecule has 0 aliphatic heterocycles. The maximum absolute atomic E-state index is 12.5. The molecule has 0 bridgehead atoms. The lowest BCUT2D eigenvalue weighted by molar-refractivity contribution is -0.117. The van der Waals surface area contributed by atoms with Gasteiger partial charge in [-0.2, -0.15) is 4.31 Å². The lowest BCUT2D eigenvalue weighted by Gasteiger charge is -2.21. The molecule has 0 heterocycles. The number of rotatable bonds is 8. The summed E-state index contributed by atoms with van der Waals surface area (Å²) >= 11 is 0. The van der Waals surface area contributed by atoms with Gasteiger partial charge in [0.05, 0.1) is 11.4 Å². The number of nitrogens with zero attached hydrogens (tertiary/aromatic N) is 2. The van der Waals surface area contributed by atoms with Gasteiger partial charge in [-0.15, -0.1) is 0 Å². The number of amides is 1. The average molecular weight is 404 g/mol. The van der Waals surface area contributed by atoms with Crippen LogP contribution in [0.4, 0.5) is 5.69 Å². The topological polar surface area (TPSA) is 69.7 Å². The number of carbonyl (C=O) groups excluding carboxylic acids is 1. The SMILES string of the molecule is Cc1ccc(CN(C)CC(=O)Nc2ccc(S(=O)(=O)N(C)C(C)C)cc2)cc1. The van der Waals surface area contributed by atoms with Crippen molar-refractivity contribution in [2.75, 3.05) is 26.0 Å². The van der Waals surface area contributed by atoms with Gasteiger partial charge in [-0.05, 0) is 57.6 Å². The third-order valence-electron chi connectivity index (χ3n) is 4.53. The minimum Gasteiger partial charge on any atom is -0.325 e. The van der Waals surface area contributed by atoms with Gasteiger partial charge in [-0.3, -0.25) is 9.69 Å². The molecular weight excluding hydrogens is 374 g/mol. The number of anilines is 1. The summed E-state index contributed by atoms with van der Waals surface area (Å²) in [6.07, 6.45) is 0. The van der Waals surface area contributed by atoms with Gasteiger partial charge < -0.3 is 5.32 Å². The second kappa shape index (κ2) is 9.32. The van der Waals surface area contributed by atoms with Crippen molar-refractivity contribution < 1.29 is 13.2 Å². The number of nitrogens with one attached hydrogen (secondary N) is 1. The molecule has 0 aliphatic rings. The standard InChI is InChI=1S/C21H29N3O3S/c1-16(2)24(5)28(26,27)20-12-10-19(11-13-20)22-21(25)15-23(4)14-18-8-6-17(3)7-9-18/h6-13,16H,14-15H2,1-5H3,(H,22,25). The zero-order valence-corrected chi connectivity index (χ0v) is 18.0. The second-order valence-electron chi connectivity index (χ2n) is 7.35. The molecule has 2 aromatic rings. The van der Waals surface area contributed by atoms with Gasteiger partial charge in [-0.25, -0.2) is 8.42 Å². The molecule has 2 rings (SSSR count). The lowest BCUT2D eigenvalue weighted by atomic mass is 10.1. The Morgan fingerprint density at radius 3 is 2.11 bits per heavy atom. The Kier molecular flexibility index (Phi) is 7.35.